The topological polar surface area (TPSA) is 84.0 Å². The van der Waals surface area contributed by atoms with Gasteiger partial charge in [-0.25, -0.2) is 9.69 Å². The van der Waals surface area contributed by atoms with Gasteiger partial charge in [0, 0.05) is 16.6 Å². The number of nitrogens with zero attached hydrogens (tertiary/aromatic N) is 2. The van der Waals surface area contributed by atoms with Gasteiger partial charge in [-0.15, -0.1) is 0 Å². The highest BCUT2D eigenvalue weighted by molar-refractivity contribution is 6.30. The second-order valence-corrected chi connectivity index (χ2v) is 8.77. The van der Waals surface area contributed by atoms with E-state index in [0.717, 1.165) is 17.7 Å². The second-order valence-electron chi connectivity index (χ2n) is 8.34. The molecule has 0 aromatic heterocycles. The van der Waals surface area contributed by atoms with Gasteiger partial charge in [0.05, 0.1) is 36.2 Å². The predicted molar refractivity (Wildman–Crippen MR) is 117 cm³/mol. The van der Waals surface area contributed by atoms with E-state index >= 15 is 0 Å². The lowest BCUT2D eigenvalue weighted by molar-refractivity contribution is -0.123. The number of amides is 2. The first-order valence-corrected chi connectivity index (χ1v) is 10.9. The maximum Gasteiger partial charge on any atom is 0.339 e. The Morgan fingerprint density at radius 3 is 2.41 bits per heavy atom. The number of benzene rings is 2. The SMILES string of the molecule is COC(=O)c1ccccc1N1C(=O)C2C(C1=O)C(C(=O)c1ccc(Cl)cc1)N1CCCC21. The van der Waals surface area contributed by atoms with Gasteiger partial charge >= 0.3 is 5.97 Å². The number of ketones is 1. The van der Waals surface area contributed by atoms with Gasteiger partial charge in [0.2, 0.25) is 11.8 Å². The van der Waals surface area contributed by atoms with Gasteiger partial charge in [-0.05, 0) is 55.8 Å². The van der Waals surface area contributed by atoms with Crippen molar-refractivity contribution in [2.75, 3.05) is 18.6 Å². The molecule has 0 bridgehead atoms. The van der Waals surface area contributed by atoms with Gasteiger partial charge in [-0.3, -0.25) is 19.3 Å². The smallest absolute Gasteiger partial charge is 0.339 e. The Bertz CT molecular complexity index is 1130. The van der Waals surface area contributed by atoms with Crippen LogP contribution >= 0.6 is 11.6 Å². The van der Waals surface area contributed by atoms with Crippen molar-refractivity contribution in [3.8, 4) is 0 Å². The molecule has 0 saturated carbocycles. The first-order valence-electron chi connectivity index (χ1n) is 10.5. The van der Waals surface area contributed by atoms with Crippen LogP contribution in [-0.4, -0.2) is 54.2 Å². The van der Waals surface area contributed by atoms with Gasteiger partial charge in [0.1, 0.15) is 0 Å². The molecule has 3 aliphatic rings. The molecule has 7 nitrogen and oxygen atoms in total. The number of halogens is 1. The zero-order valence-corrected chi connectivity index (χ0v) is 18.1. The van der Waals surface area contributed by atoms with Crippen molar-refractivity contribution in [1.82, 2.24) is 4.90 Å². The fourth-order valence-electron chi connectivity index (χ4n) is 5.49. The monoisotopic (exact) mass is 452 g/mol. The van der Waals surface area contributed by atoms with Gasteiger partial charge < -0.3 is 4.74 Å². The number of fused-ring (bicyclic) bond motifs is 3. The summed E-state index contributed by atoms with van der Waals surface area (Å²) in [7, 11) is 1.25. The second kappa shape index (κ2) is 7.83. The Labute approximate surface area is 189 Å². The number of carbonyl (C=O) groups excluding carboxylic acids is 4. The normalized spacial score (nSPS) is 26.9. The average Bonchev–Trinajstić information content (AvgIpc) is 3.45. The molecule has 164 valence electrons. The molecule has 0 aliphatic carbocycles. The first kappa shape index (κ1) is 20.8. The minimum atomic E-state index is -0.790. The van der Waals surface area contributed by atoms with Gasteiger partial charge in [0.15, 0.2) is 5.78 Å². The summed E-state index contributed by atoms with van der Waals surface area (Å²) in [5.41, 5.74) is 0.797. The number of hydrogen-bond acceptors (Lipinski definition) is 6. The molecule has 3 saturated heterocycles. The highest BCUT2D eigenvalue weighted by Gasteiger charge is 2.65. The molecule has 0 N–H and O–H groups in total. The third-order valence-corrected chi connectivity index (χ3v) is 7.05. The highest BCUT2D eigenvalue weighted by atomic mass is 35.5. The maximum atomic E-state index is 13.6. The lowest BCUT2D eigenvalue weighted by Crippen LogP contribution is -2.46. The number of rotatable bonds is 4. The van der Waals surface area contributed by atoms with Gasteiger partial charge in [-0.2, -0.15) is 0 Å². The minimum absolute atomic E-state index is 0.139. The first-order chi connectivity index (χ1) is 15.4. The lowest BCUT2D eigenvalue weighted by atomic mass is 9.85. The van der Waals surface area contributed by atoms with E-state index in [1.807, 2.05) is 4.90 Å². The Hall–Kier alpha value is -3.03. The summed E-state index contributed by atoms with van der Waals surface area (Å²) in [6.45, 7) is 0.668. The molecule has 5 rings (SSSR count). The van der Waals surface area contributed by atoms with Crippen LogP contribution < -0.4 is 4.90 Å². The van der Waals surface area contributed by atoms with E-state index in [1.165, 1.54) is 13.2 Å². The van der Waals surface area contributed by atoms with Crippen LogP contribution in [-0.2, 0) is 14.3 Å². The summed E-state index contributed by atoms with van der Waals surface area (Å²) in [5.74, 6) is -3.03. The van der Waals surface area contributed by atoms with E-state index < -0.39 is 29.8 Å². The molecule has 3 fully saturated rings. The molecule has 4 atom stereocenters. The quantitative estimate of drug-likeness (QED) is 0.403. The number of hydrogen-bond donors (Lipinski definition) is 0. The number of para-hydroxylation sites is 1. The standard InChI is InChI=1S/C24H21ClN2O5/c1-32-24(31)15-5-2-3-6-16(15)27-22(29)18-17-7-4-12-26(17)20(19(18)23(27)30)21(28)13-8-10-14(25)11-9-13/h2-3,5-6,8-11,17-20H,4,7,12H2,1H3. The highest BCUT2D eigenvalue weighted by Crippen LogP contribution is 2.48. The zero-order valence-electron chi connectivity index (χ0n) is 17.4. The van der Waals surface area contributed by atoms with E-state index in [0.29, 0.717) is 17.1 Å². The number of carbonyl (C=O) groups is 4. The number of methoxy groups -OCH3 is 1. The largest absolute Gasteiger partial charge is 0.465 e. The molecule has 32 heavy (non-hydrogen) atoms. The van der Waals surface area contributed by atoms with Crippen LogP contribution in [0.15, 0.2) is 48.5 Å². The number of ether oxygens (including phenoxy) is 1. The van der Waals surface area contributed by atoms with E-state index in [1.54, 1.807) is 42.5 Å². The lowest BCUT2D eigenvalue weighted by Gasteiger charge is -2.28. The molecule has 0 radical (unpaired) electrons. The molecular formula is C24H21ClN2O5. The van der Waals surface area contributed by atoms with Crippen LogP contribution in [0.2, 0.25) is 5.02 Å². The Morgan fingerprint density at radius 1 is 1.00 bits per heavy atom. The fourth-order valence-corrected chi connectivity index (χ4v) is 5.61. The van der Waals surface area contributed by atoms with Crippen LogP contribution in [0.3, 0.4) is 0 Å². The molecule has 0 spiro atoms. The van der Waals surface area contributed by atoms with Crippen LogP contribution in [0.4, 0.5) is 5.69 Å². The predicted octanol–water partition coefficient (Wildman–Crippen LogP) is 2.96. The van der Waals surface area contributed by atoms with Crippen LogP contribution in [0.25, 0.3) is 0 Å². The Balaban J connectivity index is 1.56. The number of imide groups is 1. The van der Waals surface area contributed by atoms with Crippen molar-refractivity contribution in [2.45, 2.75) is 24.9 Å². The summed E-state index contributed by atoms with van der Waals surface area (Å²) < 4.78 is 4.84. The summed E-state index contributed by atoms with van der Waals surface area (Å²) >= 11 is 5.97. The summed E-state index contributed by atoms with van der Waals surface area (Å²) in [4.78, 5) is 56.1. The summed E-state index contributed by atoms with van der Waals surface area (Å²) in [6.07, 6.45) is 1.61. The number of esters is 1. The van der Waals surface area contributed by atoms with E-state index in [4.69, 9.17) is 16.3 Å². The molecular weight excluding hydrogens is 432 g/mol. The minimum Gasteiger partial charge on any atom is -0.465 e. The van der Waals surface area contributed by atoms with Crippen molar-refractivity contribution < 1.29 is 23.9 Å². The Morgan fingerprint density at radius 2 is 1.69 bits per heavy atom. The van der Waals surface area contributed by atoms with Crippen molar-refractivity contribution >= 4 is 40.9 Å². The maximum absolute atomic E-state index is 13.6. The molecule has 8 heteroatoms. The molecule has 2 aromatic carbocycles. The fraction of sp³-hybridized carbons (Fsp3) is 0.333. The molecule has 4 unspecified atom stereocenters. The van der Waals surface area contributed by atoms with Gasteiger partial charge in [-0.1, -0.05) is 23.7 Å². The number of anilines is 1. The number of Topliss-reactive ketones (excluding diaryl/α,β-unsaturated/α-hetero) is 1. The van der Waals surface area contributed by atoms with Crippen molar-refractivity contribution in [1.29, 1.82) is 0 Å². The van der Waals surface area contributed by atoms with Crippen LogP contribution in [0.1, 0.15) is 33.6 Å². The average molecular weight is 453 g/mol. The van der Waals surface area contributed by atoms with Crippen molar-refractivity contribution in [3.63, 3.8) is 0 Å². The molecule has 3 aliphatic heterocycles. The third kappa shape index (κ3) is 2.99. The van der Waals surface area contributed by atoms with E-state index in [2.05, 4.69) is 0 Å². The zero-order chi connectivity index (χ0) is 22.6. The summed E-state index contributed by atoms with van der Waals surface area (Å²) in [5, 5.41) is 0.516. The molecule has 2 amide bonds. The van der Waals surface area contributed by atoms with Crippen molar-refractivity contribution in [2.24, 2.45) is 11.8 Å². The van der Waals surface area contributed by atoms with E-state index in [9.17, 15) is 19.2 Å². The molecule has 2 aromatic rings. The van der Waals surface area contributed by atoms with Crippen LogP contribution in [0.5, 0.6) is 0 Å². The Kier molecular flexibility index (Phi) is 5.10. The van der Waals surface area contributed by atoms with Crippen LogP contribution in [0, 0.1) is 11.8 Å². The molecule has 3 heterocycles. The third-order valence-electron chi connectivity index (χ3n) is 6.80. The van der Waals surface area contributed by atoms with Crippen molar-refractivity contribution in [3.05, 3.63) is 64.7 Å². The van der Waals surface area contributed by atoms with E-state index in [-0.39, 0.29) is 29.0 Å². The van der Waals surface area contributed by atoms with Gasteiger partial charge in [0.25, 0.3) is 0 Å². The summed E-state index contributed by atoms with van der Waals surface area (Å²) in [6, 6.07) is 12.1.